The number of amides is 1. The third kappa shape index (κ3) is 6.58. The molecule has 1 heterocycles. The SMILES string of the molecule is CCCC1CC(NC(=O)c2ccccc2)CC(C)N1Cc1ccc(OCCOC)c(C)c1C. The summed E-state index contributed by atoms with van der Waals surface area (Å²) in [6.07, 6.45) is 4.23. The summed E-state index contributed by atoms with van der Waals surface area (Å²) in [5.41, 5.74) is 4.59. The number of likely N-dealkylation sites (tertiary alicyclic amines) is 1. The second kappa shape index (κ2) is 12.2. The predicted molar refractivity (Wildman–Crippen MR) is 134 cm³/mol. The second-order valence-corrected chi connectivity index (χ2v) is 9.29. The Morgan fingerprint density at radius 2 is 1.82 bits per heavy atom. The second-order valence-electron chi connectivity index (χ2n) is 9.29. The van der Waals surface area contributed by atoms with E-state index in [1.165, 1.54) is 16.7 Å². The summed E-state index contributed by atoms with van der Waals surface area (Å²) in [6.45, 7) is 11.0. The number of methoxy groups -OCH3 is 1. The van der Waals surface area contributed by atoms with E-state index in [9.17, 15) is 4.79 Å². The van der Waals surface area contributed by atoms with Crippen LogP contribution in [0, 0.1) is 13.8 Å². The lowest BCUT2D eigenvalue weighted by Gasteiger charge is -2.44. The minimum Gasteiger partial charge on any atom is -0.491 e. The predicted octanol–water partition coefficient (Wildman–Crippen LogP) is 5.28. The Morgan fingerprint density at radius 1 is 1.06 bits per heavy atom. The van der Waals surface area contributed by atoms with Gasteiger partial charge in [0.05, 0.1) is 6.61 Å². The van der Waals surface area contributed by atoms with E-state index in [0.29, 0.717) is 25.3 Å². The topological polar surface area (TPSA) is 50.8 Å². The highest BCUT2D eigenvalue weighted by molar-refractivity contribution is 5.94. The first kappa shape index (κ1) is 25.3. The quantitative estimate of drug-likeness (QED) is 0.498. The molecule has 1 fully saturated rings. The van der Waals surface area contributed by atoms with Crippen LogP contribution in [0.4, 0.5) is 0 Å². The summed E-state index contributed by atoms with van der Waals surface area (Å²) in [4.78, 5) is 15.4. The number of nitrogens with zero attached hydrogens (tertiary/aromatic N) is 1. The standard InChI is InChI=1S/C28H40N2O3/c1-6-10-26-18-25(29-28(31)23-11-8-7-9-12-23)17-20(2)30(26)19-24-13-14-27(22(4)21(24)3)33-16-15-32-5/h7-9,11-14,20,25-26H,6,10,15-19H2,1-5H3,(H,29,31). The van der Waals surface area contributed by atoms with Gasteiger partial charge in [0.2, 0.25) is 0 Å². The average Bonchev–Trinajstić information content (AvgIpc) is 2.81. The summed E-state index contributed by atoms with van der Waals surface area (Å²) in [7, 11) is 1.69. The van der Waals surface area contributed by atoms with E-state index in [0.717, 1.165) is 43.5 Å². The van der Waals surface area contributed by atoms with Crippen LogP contribution in [0.1, 0.15) is 66.6 Å². The van der Waals surface area contributed by atoms with Crippen molar-refractivity contribution in [2.45, 2.75) is 78.0 Å². The molecule has 0 radical (unpaired) electrons. The van der Waals surface area contributed by atoms with Crippen molar-refractivity contribution < 1.29 is 14.3 Å². The number of hydrogen-bond acceptors (Lipinski definition) is 4. The van der Waals surface area contributed by atoms with Gasteiger partial charge in [0, 0.05) is 37.3 Å². The van der Waals surface area contributed by atoms with Crippen molar-refractivity contribution in [3.05, 3.63) is 64.7 Å². The van der Waals surface area contributed by atoms with E-state index in [1.54, 1.807) is 7.11 Å². The Hall–Kier alpha value is -2.37. The van der Waals surface area contributed by atoms with Gasteiger partial charge in [-0.25, -0.2) is 0 Å². The molecule has 0 bridgehead atoms. The molecule has 1 N–H and O–H groups in total. The molecule has 1 aliphatic heterocycles. The van der Waals surface area contributed by atoms with Crippen LogP contribution < -0.4 is 10.1 Å². The highest BCUT2D eigenvalue weighted by Crippen LogP contribution is 2.31. The Morgan fingerprint density at radius 3 is 2.52 bits per heavy atom. The summed E-state index contributed by atoms with van der Waals surface area (Å²) in [6, 6.07) is 14.9. The normalized spacial score (nSPS) is 21.1. The van der Waals surface area contributed by atoms with Gasteiger partial charge in [-0.1, -0.05) is 37.6 Å². The van der Waals surface area contributed by atoms with Crippen LogP contribution in [0.3, 0.4) is 0 Å². The third-order valence-corrected chi connectivity index (χ3v) is 6.96. The molecule has 3 unspecified atom stereocenters. The average molecular weight is 453 g/mol. The Kier molecular flexibility index (Phi) is 9.33. The number of carbonyl (C=O) groups excluding carboxylic acids is 1. The van der Waals surface area contributed by atoms with Crippen molar-refractivity contribution in [3.8, 4) is 5.75 Å². The molecule has 0 aromatic heterocycles. The molecule has 5 heteroatoms. The van der Waals surface area contributed by atoms with Crippen LogP contribution in [0.2, 0.25) is 0 Å². The highest BCUT2D eigenvalue weighted by atomic mass is 16.5. The number of rotatable bonds is 10. The van der Waals surface area contributed by atoms with Crippen LogP contribution in [-0.2, 0) is 11.3 Å². The van der Waals surface area contributed by atoms with Crippen molar-refractivity contribution in [1.82, 2.24) is 10.2 Å². The first-order chi connectivity index (χ1) is 15.9. The van der Waals surface area contributed by atoms with Crippen molar-refractivity contribution in [1.29, 1.82) is 0 Å². The molecular formula is C28H40N2O3. The Balaban J connectivity index is 1.69. The molecule has 3 rings (SSSR count). The first-order valence-electron chi connectivity index (χ1n) is 12.3. The molecule has 1 saturated heterocycles. The number of hydrogen-bond donors (Lipinski definition) is 1. The monoisotopic (exact) mass is 452 g/mol. The van der Waals surface area contributed by atoms with Gasteiger partial charge >= 0.3 is 0 Å². The Labute approximate surface area is 199 Å². The summed E-state index contributed by atoms with van der Waals surface area (Å²) >= 11 is 0. The summed E-state index contributed by atoms with van der Waals surface area (Å²) in [5, 5.41) is 3.30. The molecule has 0 aliphatic carbocycles. The van der Waals surface area contributed by atoms with Gasteiger partial charge in [0.25, 0.3) is 5.91 Å². The maximum atomic E-state index is 12.7. The van der Waals surface area contributed by atoms with Crippen LogP contribution in [-0.4, -0.2) is 49.3 Å². The van der Waals surface area contributed by atoms with E-state index in [1.807, 2.05) is 30.3 Å². The fourth-order valence-corrected chi connectivity index (χ4v) is 4.96. The molecule has 1 amide bonds. The maximum Gasteiger partial charge on any atom is 0.251 e. The van der Waals surface area contributed by atoms with Crippen molar-refractivity contribution >= 4 is 5.91 Å². The Bertz CT molecular complexity index is 900. The molecule has 180 valence electrons. The number of benzene rings is 2. The van der Waals surface area contributed by atoms with Crippen molar-refractivity contribution in [2.75, 3.05) is 20.3 Å². The molecule has 2 aromatic rings. The molecule has 3 atom stereocenters. The number of carbonyl (C=O) groups is 1. The largest absolute Gasteiger partial charge is 0.491 e. The van der Waals surface area contributed by atoms with E-state index >= 15 is 0 Å². The third-order valence-electron chi connectivity index (χ3n) is 6.96. The molecule has 0 saturated carbocycles. The van der Waals surface area contributed by atoms with Gasteiger partial charge in [0.1, 0.15) is 12.4 Å². The minimum atomic E-state index is 0.0343. The van der Waals surface area contributed by atoms with Crippen molar-refractivity contribution in [2.24, 2.45) is 0 Å². The van der Waals surface area contributed by atoms with Gasteiger partial charge < -0.3 is 14.8 Å². The molecule has 5 nitrogen and oxygen atoms in total. The molecule has 1 aliphatic rings. The fraction of sp³-hybridized carbons (Fsp3) is 0.536. The summed E-state index contributed by atoms with van der Waals surface area (Å²) in [5.74, 6) is 0.973. The zero-order valence-electron chi connectivity index (χ0n) is 20.9. The van der Waals surface area contributed by atoms with Crippen LogP contribution in [0.5, 0.6) is 5.75 Å². The fourth-order valence-electron chi connectivity index (χ4n) is 4.96. The van der Waals surface area contributed by atoms with E-state index in [2.05, 4.69) is 50.0 Å². The smallest absolute Gasteiger partial charge is 0.251 e. The van der Waals surface area contributed by atoms with Crippen molar-refractivity contribution in [3.63, 3.8) is 0 Å². The summed E-state index contributed by atoms with van der Waals surface area (Å²) < 4.78 is 11.0. The van der Waals surface area contributed by atoms with Gasteiger partial charge in [-0.2, -0.15) is 0 Å². The van der Waals surface area contributed by atoms with E-state index in [4.69, 9.17) is 9.47 Å². The van der Waals surface area contributed by atoms with E-state index < -0.39 is 0 Å². The van der Waals surface area contributed by atoms with Gasteiger partial charge in [-0.3, -0.25) is 9.69 Å². The highest BCUT2D eigenvalue weighted by Gasteiger charge is 2.34. The van der Waals surface area contributed by atoms with Crippen LogP contribution in [0.25, 0.3) is 0 Å². The maximum absolute atomic E-state index is 12.7. The van der Waals surface area contributed by atoms with Crippen LogP contribution >= 0.6 is 0 Å². The van der Waals surface area contributed by atoms with Gasteiger partial charge in [0.15, 0.2) is 0 Å². The molecular weight excluding hydrogens is 412 g/mol. The number of nitrogens with one attached hydrogen (secondary N) is 1. The van der Waals surface area contributed by atoms with E-state index in [-0.39, 0.29) is 11.9 Å². The number of ether oxygens (including phenoxy) is 2. The van der Waals surface area contributed by atoms with Crippen LogP contribution in [0.15, 0.2) is 42.5 Å². The lowest BCUT2D eigenvalue weighted by atomic mass is 9.88. The lowest BCUT2D eigenvalue weighted by Crippen LogP contribution is -2.53. The number of piperidine rings is 1. The zero-order valence-corrected chi connectivity index (χ0v) is 20.9. The molecule has 33 heavy (non-hydrogen) atoms. The van der Waals surface area contributed by atoms with Gasteiger partial charge in [-0.05, 0) is 74.9 Å². The van der Waals surface area contributed by atoms with Gasteiger partial charge in [-0.15, -0.1) is 0 Å². The zero-order chi connectivity index (χ0) is 23.8. The minimum absolute atomic E-state index is 0.0343. The molecule has 0 spiro atoms. The first-order valence-corrected chi connectivity index (χ1v) is 12.3. The molecule has 2 aromatic carbocycles. The lowest BCUT2D eigenvalue weighted by molar-refractivity contribution is 0.0557.